The molecule has 1 radical (unpaired) electrons. The summed E-state index contributed by atoms with van der Waals surface area (Å²) in [6, 6.07) is 8.90. The van der Waals surface area contributed by atoms with E-state index in [9.17, 15) is 4.79 Å². The average molecular weight is 257 g/mol. The normalized spacial score (nSPS) is 12.0. The van der Waals surface area contributed by atoms with E-state index in [-0.39, 0.29) is 5.78 Å². The zero-order valence-corrected chi connectivity index (χ0v) is 12.6. The van der Waals surface area contributed by atoms with E-state index in [0.717, 1.165) is 24.0 Å². The third-order valence-electron chi connectivity index (χ3n) is 3.39. The molecule has 0 aliphatic rings. The summed E-state index contributed by atoms with van der Waals surface area (Å²) in [7, 11) is 0. The molecule has 1 aromatic carbocycles. The van der Waals surface area contributed by atoms with Crippen molar-refractivity contribution in [3.63, 3.8) is 0 Å². The van der Waals surface area contributed by atoms with E-state index in [1.165, 1.54) is 18.4 Å². The molecule has 0 aliphatic heterocycles. The summed E-state index contributed by atoms with van der Waals surface area (Å²) in [6.45, 7) is 8.20. The highest BCUT2D eigenvalue weighted by molar-refractivity contribution is 5.94. The van der Waals surface area contributed by atoms with Crippen LogP contribution in [0.25, 0.3) is 0 Å². The predicted octanol–water partition coefficient (Wildman–Crippen LogP) is 5.00. The second-order valence-corrected chi connectivity index (χ2v) is 5.66. The van der Waals surface area contributed by atoms with Gasteiger partial charge in [-0.05, 0) is 70.1 Å². The molecular formula is C18H25O. The van der Waals surface area contributed by atoms with E-state index < -0.39 is 0 Å². The molecule has 1 heteroatoms. The highest BCUT2D eigenvalue weighted by atomic mass is 16.1. The molecule has 0 heterocycles. The Hall–Kier alpha value is -1.37. The fraction of sp³-hybridized carbons (Fsp3) is 0.500. The van der Waals surface area contributed by atoms with Crippen LogP contribution >= 0.6 is 0 Å². The molecule has 0 bridgehead atoms. The Morgan fingerprint density at radius 2 is 2.05 bits per heavy atom. The Kier molecular flexibility index (Phi) is 6.55. The van der Waals surface area contributed by atoms with Crippen LogP contribution in [0.15, 0.2) is 29.8 Å². The largest absolute Gasteiger partial charge is 0.295 e. The van der Waals surface area contributed by atoms with Gasteiger partial charge in [0.15, 0.2) is 5.78 Å². The molecule has 1 aromatic rings. The molecule has 1 atom stereocenters. The molecule has 0 N–H and O–H groups in total. The van der Waals surface area contributed by atoms with Crippen LogP contribution in [0, 0.1) is 12.0 Å². The van der Waals surface area contributed by atoms with Crippen molar-refractivity contribution in [2.75, 3.05) is 0 Å². The first kappa shape index (κ1) is 15.7. The average Bonchev–Trinajstić information content (AvgIpc) is 2.36. The lowest BCUT2D eigenvalue weighted by Crippen LogP contribution is -1.99. The minimum absolute atomic E-state index is 0.131. The number of benzene rings is 1. The number of carbonyl (C=O) groups is 1. The Morgan fingerprint density at radius 3 is 2.68 bits per heavy atom. The molecule has 0 saturated heterocycles. The second-order valence-electron chi connectivity index (χ2n) is 5.66. The van der Waals surface area contributed by atoms with Gasteiger partial charge in [0.1, 0.15) is 0 Å². The van der Waals surface area contributed by atoms with Gasteiger partial charge in [0.05, 0.1) is 0 Å². The molecular weight excluding hydrogens is 232 g/mol. The van der Waals surface area contributed by atoms with Crippen LogP contribution in [-0.2, 0) is 6.42 Å². The standard InChI is InChI=1S/C18H25O/c1-14(2)7-5-8-15(3)11-12-17-9-6-10-18(13-17)16(4)19/h6-7,10,13,15H,5,8,11-12H2,1-4H3. The van der Waals surface area contributed by atoms with Crippen LogP contribution in [-0.4, -0.2) is 5.78 Å². The van der Waals surface area contributed by atoms with Gasteiger partial charge in [0.25, 0.3) is 0 Å². The van der Waals surface area contributed by atoms with Crippen LogP contribution in [0.4, 0.5) is 0 Å². The number of hydrogen-bond donors (Lipinski definition) is 0. The maximum Gasteiger partial charge on any atom is 0.159 e. The van der Waals surface area contributed by atoms with Gasteiger partial charge < -0.3 is 0 Å². The maximum absolute atomic E-state index is 11.3. The van der Waals surface area contributed by atoms with Crippen molar-refractivity contribution in [2.24, 2.45) is 5.92 Å². The SMILES string of the molecule is CC(=O)c1cc[c]c(CCC(C)CCC=C(C)C)c1. The Morgan fingerprint density at radius 1 is 1.32 bits per heavy atom. The lowest BCUT2D eigenvalue weighted by Gasteiger charge is -2.10. The summed E-state index contributed by atoms with van der Waals surface area (Å²) in [5, 5.41) is 0. The van der Waals surface area contributed by atoms with Gasteiger partial charge >= 0.3 is 0 Å². The summed E-state index contributed by atoms with van der Waals surface area (Å²) in [4.78, 5) is 11.3. The van der Waals surface area contributed by atoms with Crippen molar-refractivity contribution >= 4 is 5.78 Å². The van der Waals surface area contributed by atoms with Crippen molar-refractivity contribution < 1.29 is 4.79 Å². The number of ketones is 1. The minimum atomic E-state index is 0.131. The Balaban J connectivity index is 2.41. The molecule has 0 aromatic heterocycles. The fourth-order valence-corrected chi connectivity index (χ4v) is 2.08. The van der Waals surface area contributed by atoms with E-state index in [4.69, 9.17) is 0 Å². The van der Waals surface area contributed by atoms with Crippen LogP contribution in [0.3, 0.4) is 0 Å². The monoisotopic (exact) mass is 257 g/mol. The van der Waals surface area contributed by atoms with E-state index >= 15 is 0 Å². The molecule has 19 heavy (non-hydrogen) atoms. The van der Waals surface area contributed by atoms with Crippen molar-refractivity contribution in [3.05, 3.63) is 47.0 Å². The predicted molar refractivity (Wildman–Crippen MR) is 81.4 cm³/mol. The summed E-state index contributed by atoms with van der Waals surface area (Å²) in [6.07, 6.45) is 6.88. The van der Waals surface area contributed by atoms with Crippen molar-refractivity contribution in [1.82, 2.24) is 0 Å². The van der Waals surface area contributed by atoms with Gasteiger partial charge in [0, 0.05) is 5.56 Å². The molecule has 0 fully saturated rings. The third kappa shape index (κ3) is 6.37. The van der Waals surface area contributed by atoms with Crippen LogP contribution in [0.1, 0.15) is 62.9 Å². The molecule has 1 nitrogen and oxygen atoms in total. The summed E-state index contributed by atoms with van der Waals surface area (Å²) in [5.74, 6) is 0.844. The molecule has 0 aliphatic carbocycles. The first-order valence-corrected chi connectivity index (χ1v) is 7.14. The summed E-state index contributed by atoms with van der Waals surface area (Å²) in [5.41, 5.74) is 3.35. The highest BCUT2D eigenvalue weighted by Gasteiger charge is 2.04. The van der Waals surface area contributed by atoms with Gasteiger partial charge in [-0.15, -0.1) is 0 Å². The van der Waals surface area contributed by atoms with Crippen molar-refractivity contribution in [2.45, 2.75) is 53.4 Å². The lowest BCUT2D eigenvalue weighted by atomic mass is 9.95. The number of Topliss-reactive ketones (excluding diaryl/α,β-unsaturated/α-hetero) is 1. The van der Waals surface area contributed by atoms with Crippen molar-refractivity contribution in [3.8, 4) is 0 Å². The zero-order chi connectivity index (χ0) is 14.3. The molecule has 1 unspecified atom stereocenters. The Labute approximate surface area is 117 Å². The molecule has 103 valence electrons. The van der Waals surface area contributed by atoms with Crippen LogP contribution < -0.4 is 0 Å². The number of aryl methyl sites for hydroxylation is 1. The van der Waals surface area contributed by atoms with Crippen LogP contribution in [0.2, 0.25) is 0 Å². The summed E-state index contributed by atoms with van der Waals surface area (Å²) >= 11 is 0. The molecule has 0 amide bonds. The Bertz CT molecular complexity index is 439. The quantitative estimate of drug-likeness (QED) is 0.496. The maximum atomic E-state index is 11.3. The minimum Gasteiger partial charge on any atom is -0.295 e. The highest BCUT2D eigenvalue weighted by Crippen LogP contribution is 2.16. The lowest BCUT2D eigenvalue weighted by molar-refractivity contribution is 0.101. The first-order valence-electron chi connectivity index (χ1n) is 7.14. The van der Waals surface area contributed by atoms with Gasteiger partial charge in [-0.1, -0.05) is 30.7 Å². The zero-order valence-electron chi connectivity index (χ0n) is 12.6. The van der Waals surface area contributed by atoms with Gasteiger partial charge in [-0.3, -0.25) is 4.79 Å². The number of allylic oxidation sites excluding steroid dienone is 2. The molecule has 0 saturated carbocycles. The number of hydrogen-bond acceptors (Lipinski definition) is 1. The smallest absolute Gasteiger partial charge is 0.159 e. The van der Waals surface area contributed by atoms with E-state index in [2.05, 4.69) is 32.9 Å². The summed E-state index contributed by atoms with van der Waals surface area (Å²) < 4.78 is 0. The van der Waals surface area contributed by atoms with E-state index in [1.54, 1.807) is 6.92 Å². The van der Waals surface area contributed by atoms with E-state index in [0.29, 0.717) is 5.92 Å². The topological polar surface area (TPSA) is 17.1 Å². The molecule has 1 rings (SSSR count). The van der Waals surface area contributed by atoms with Crippen molar-refractivity contribution in [1.29, 1.82) is 0 Å². The second kappa shape index (κ2) is 7.93. The fourth-order valence-electron chi connectivity index (χ4n) is 2.08. The van der Waals surface area contributed by atoms with Gasteiger partial charge in [-0.25, -0.2) is 0 Å². The van der Waals surface area contributed by atoms with E-state index in [1.807, 2.05) is 18.2 Å². The third-order valence-corrected chi connectivity index (χ3v) is 3.39. The number of carbonyl (C=O) groups excluding carboxylic acids is 1. The molecule has 0 spiro atoms. The van der Waals surface area contributed by atoms with Gasteiger partial charge in [0.2, 0.25) is 0 Å². The van der Waals surface area contributed by atoms with Crippen LogP contribution in [0.5, 0.6) is 0 Å². The number of rotatable bonds is 7. The first-order chi connectivity index (χ1) is 8.99. The van der Waals surface area contributed by atoms with Gasteiger partial charge in [-0.2, -0.15) is 0 Å².